The first kappa shape index (κ1) is 17.8. The maximum Gasteiger partial charge on any atom is 0.416 e. The van der Waals surface area contributed by atoms with Crippen LogP contribution in [0.2, 0.25) is 0 Å². The first-order chi connectivity index (χ1) is 11.6. The van der Waals surface area contributed by atoms with Gasteiger partial charge in [-0.3, -0.25) is 4.79 Å². The van der Waals surface area contributed by atoms with E-state index in [2.05, 4.69) is 31.2 Å². The molecule has 0 radical (unpaired) electrons. The Balaban J connectivity index is 1.70. The predicted octanol–water partition coefficient (Wildman–Crippen LogP) is 4.01. The van der Waals surface area contributed by atoms with Crippen molar-refractivity contribution in [2.75, 3.05) is 0 Å². The van der Waals surface area contributed by atoms with E-state index in [1.165, 1.54) is 12.1 Å². The fourth-order valence-corrected chi connectivity index (χ4v) is 3.53. The molecule has 1 saturated carbocycles. The van der Waals surface area contributed by atoms with Crippen molar-refractivity contribution in [1.82, 2.24) is 5.32 Å². The van der Waals surface area contributed by atoms with Crippen molar-refractivity contribution in [1.29, 1.82) is 0 Å². The molecule has 1 N–H and O–H groups in total. The van der Waals surface area contributed by atoms with Crippen molar-refractivity contribution in [3.8, 4) is 0 Å². The summed E-state index contributed by atoms with van der Waals surface area (Å²) in [4.78, 5) is 17.9. The topological polar surface area (TPSA) is 50.7 Å². The van der Waals surface area contributed by atoms with E-state index in [4.69, 9.17) is 4.84 Å². The summed E-state index contributed by atoms with van der Waals surface area (Å²) in [6.45, 7) is 6.18. The number of carbonyl (C=O) groups excluding carboxylic acids is 1. The van der Waals surface area contributed by atoms with Crippen LogP contribution in [-0.4, -0.2) is 23.8 Å². The highest BCUT2D eigenvalue weighted by atomic mass is 19.4. The molecule has 1 fully saturated rings. The molecule has 0 saturated heterocycles. The summed E-state index contributed by atoms with van der Waals surface area (Å²) in [5, 5.41) is 7.00. The number of oxime groups is 1. The highest BCUT2D eigenvalue weighted by Gasteiger charge is 2.48. The second-order valence-electron chi connectivity index (χ2n) is 7.64. The summed E-state index contributed by atoms with van der Waals surface area (Å²) >= 11 is 0. The van der Waals surface area contributed by atoms with Gasteiger partial charge in [0.2, 0.25) is 0 Å². The van der Waals surface area contributed by atoms with E-state index < -0.39 is 17.6 Å². The SMILES string of the molecule is CC(C)(C)C1=NO[C@H]2[C@@H](NC(=O)c3cccc(C(F)(F)F)c3)CC[C@@H]12. The first-order valence-electron chi connectivity index (χ1n) is 8.29. The molecular weight excluding hydrogens is 333 g/mol. The molecule has 2 aliphatic rings. The second-order valence-corrected chi connectivity index (χ2v) is 7.64. The van der Waals surface area contributed by atoms with Gasteiger partial charge < -0.3 is 10.2 Å². The van der Waals surface area contributed by atoms with Gasteiger partial charge in [0, 0.05) is 16.9 Å². The molecule has 3 atom stereocenters. The monoisotopic (exact) mass is 354 g/mol. The van der Waals surface area contributed by atoms with Gasteiger partial charge in [-0.25, -0.2) is 0 Å². The third-order valence-corrected chi connectivity index (χ3v) is 4.74. The number of rotatable bonds is 2. The Bertz CT molecular complexity index is 707. The van der Waals surface area contributed by atoms with Crippen molar-refractivity contribution < 1.29 is 22.8 Å². The molecule has 1 aromatic rings. The van der Waals surface area contributed by atoms with Gasteiger partial charge in [-0.1, -0.05) is 32.0 Å². The molecule has 1 aromatic carbocycles. The zero-order chi connectivity index (χ0) is 18.4. The fraction of sp³-hybridized carbons (Fsp3) is 0.556. The van der Waals surface area contributed by atoms with Gasteiger partial charge in [0.25, 0.3) is 5.91 Å². The number of alkyl halides is 3. The molecule has 25 heavy (non-hydrogen) atoms. The number of fused-ring (bicyclic) bond motifs is 1. The Hall–Kier alpha value is -2.05. The minimum Gasteiger partial charge on any atom is -0.390 e. The lowest BCUT2D eigenvalue weighted by Gasteiger charge is -2.22. The smallest absolute Gasteiger partial charge is 0.390 e. The molecule has 0 unspecified atom stereocenters. The van der Waals surface area contributed by atoms with Gasteiger partial charge in [-0.15, -0.1) is 0 Å². The third-order valence-electron chi connectivity index (χ3n) is 4.74. The van der Waals surface area contributed by atoms with E-state index in [-0.39, 0.29) is 29.0 Å². The predicted molar refractivity (Wildman–Crippen MR) is 87.2 cm³/mol. The third kappa shape index (κ3) is 3.50. The molecule has 1 heterocycles. The minimum atomic E-state index is -4.47. The van der Waals surface area contributed by atoms with Crippen LogP contribution in [0.1, 0.15) is 49.5 Å². The lowest BCUT2D eigenvalue weighted by Crippen LogP contribution is -2.42. The summed E-state index contributed by atoms with van der Waals surface area (Å²) in [5.41, 5.74) is 0.0285. The van der Waals surface area contributed by atoms with E-state index >= 15 is 0 Å². The van der Waals surface area contributed by atoms with Crippen LogP contribution in [0.3, 0.4) is 0 Å². The van der Waals surface area contributed by atoms with Crippen LogP contribution in [0.4, 0.5) is 13.2 Å². The average Bonchev–Trinajstić information content (AvgIpc) is 3.08. The number of benzene rings is 1. The van der Waals surface area contributed by atoms with Gasteiger partial charge in [0.05, 0.1) is 17.3 Å². The van der Waals surface area contributed by atoms with Gasteiger partial charge in [0.15, 0.2) is 6.10 Å². The van der Waals surface area contributed by atoms with E-state index in [0.29, 0.717) is 0 Å². The van der Waals surface area contributed by atoms with Crippen LogP contribution >= 0.6 is 0 Å². The van der Waals surface area contributed by atoms with Crippen LogP contribution in [0.5, 0.6) is 0 Å². The van der Waals surface area contributed by atoms with Crippen molar-refractivity contribution in [3.05, 3.63) is 35.4 Å². The maximum atomic E-state index is 12.8. The Morgan fingerprint density at radius 1 is 1.24 bits per heavy atom. The molecule has 0 aromatic heterocycles. The first-order valence-corrected chi connectivity index (χ1v) is 8.29. The molecule has 1 aliphatic heterocycles. The number of hydrogen-bond acceptors (Lipinski definition) is 3. The Labute approximate surface area is 144 Å². The van der Waals surface area contributed by atoms with Gasteiger partial charge in [-0.2, -0.15) is 13.2 Å². The van der Waals surface area contributed by atoms with E-state index in [0.717, 1.165) is 30.7 Å². The Kier molecular flexibility index (Phi) is 4.29. The number of nitrogens with zero attached hydrogens (tertiary/aromatic N) is 1. The van der Waals surface area contributed by atoms with Gasteiger partial charge in [-0.05, 0) is 31.0 Å². The standard InChI is InChI=1S/C18H21F3N2O2/c1-17(2,3)15-12-7-8-13(14(12)25-23-15)22-16(24)10-5-4-6-11(9-10)18(19,20)21/h4-6,9,12-14H,7-8H2,1-3H3,(H,22,24)/t12-,13+,14-/m1/s1. The van der Waals surface area contributed by atoms with Crippen LogP contribution in [0.15, 0.2) is 29.4 Å². The van der Waals surface area contributed by atoms with E-state index in [9.17, 15) is 18.0 Å². The van der Waals surface area contributed by atoms with Crippen molar-refractivity contribution in [2.45, 2.75) is 51.9 Å². The van der Waals surface area contributed by atoms with Crippen molar-refractivity contribution >= 4 is 11.6 Å². The average molecular weight is 354 g/mol. The lowest BCUT2D eigenvalue weighted by molar-refractivity contribution is -0.137. The van der Waals surface area contributed by atoms with E-state index in [1.54, 1.807) is 0 Å². The van der Waals surface area contributed by atoms with Crippen LogP contribution < -0.4 is 5.32 Å². The summed E-state index contributed by atoms with van der Waals surface area (Å²) in [6.07, 6.45) is -3.16. The molecule has 1 aliphatic carbocycles. The molecule has 4 nitrogen and oxygen atoms in total. The molecule has 0 bridgehead atoms. The molecule has 3 rings (SSSR count). The Morgan fingerprint density at radius 2 is 1.96 bits per heavy atom. The Morgan fingerprint density at radius 3 is 2.60 bits per heavy atom. The summed E-state index contributed by atoms with van der Waals surface area (Å²) in [5.74, 6) is -0.378. The zero-order valence-electron chi connectivity index (χ0n) is 14.4. The largest absolute Gasteiger partial charge is 0.416 e. The van der Waals surface area contributed by atoms with Crippen LogP contribution in [0, 0.1) is 11.3 Å². The molecule has 1 amide bonds. The van der Waals surface area contributed by atoms with Crippen molar-refractivity contribution in [3.63, 3.8) is 0 Å². The normalized spacial score (nSPS) is 26.0. The second kappa shape index (κ2) is 6.04. The van der Waals surface area contributed by atoms with Gasteiger partial charge >= 0.3 is 6.18 Å². The number of carbonyl (C=O) groups is 1. The van der Waals surface area contributed by atoms with Gasteiger partial charge in [0.1, 0.15) is 0 Å². The minimum absolute atomic E-state index is 0.00626. The highest BCUT2D eigenvalue weighted by Crippen LogP contribution is 2.40. The van der Waals surface area contributed by atoms with Crippen molar-refractivity contribution in [2.24, 2.45) is 16.5 Å². The zero-order valence-corrected chi connectivity index (χ0v) is 14.4. The van der Waals surface area contributed by atoms with Crippen LogP contribution in [-0.2, 0) is 11.0 Å². The quantitative estimate of drug-likeness (QED) is 0.872. The molecule has 136 valence electrons. The number of hydrogen-bond donors (Lipinski definition) is 1. The maximum absolute atomic E-state index is 12.8. The molecule has 0 spiro atoms. The molecule has 7 heteroatoms. The summed E-state index contributed by atoms with van der Waals surface area (Å²) < 4.78 is 38.4. The molecular formula is C18H21F3N2O2. The number of halogens is 3. The highest BCUT2D eigenvalue weighted by molar-refractivity contribution is 5.95. The number of nitrogens with one attached hydrogen (secondary N) is 1. The lowest BCUT2D eigenvalue weighted by atomic mass is 9.81. The summed E-state index contributed by atoms with van der Waals surface area (Å²) in [7, 11) is 0. The summed E-state index contributed by atoms with van der Waals surface area (Å²) in [6, 6.07) is 4.18. The van der Waals surface area contributed by atoms with Crippen LogP contribution in [0.25, 0.3) is 0 Å². The fourth-order valence-electron chi connectivity index (χ4n) is 3.53. The number of amides is 1. The van der Waals surface area contributed by atoms with E-state index in [1.807, 2.05) is 0 Å².